The van der Waals surface area contributed by atoms with Gasteiger partial charge < -0.3 is 0 Å². The first-order valence-corrected chi connectivity index (χ1v) is 14.2. The molecule has 0 N–H and O–H groups in total. The van der Waals surface area contributed by atoms with Crippen LogP contribution in [0.4, 0.5) is 8.63 Å². The van der Waals surface area contributed by atoms with Crippen LogP contribution in [0.25, 0.3) is 5.57 Å². The molecule has 0 fully saturated rings. The topological polar surface area (TPSA) is 25.0 Å². The van der Waals surface area contributed by atoms with E-state index in [1.54, 1.807) is 13.8 Å². The zero-order valence-corrected chi connectivity index (χ0v) is 22.1. The molecule has 1 aromatic carbocycles. The average molecular weight is 580 g/mol. The molecule has 0 aliphatic carbocycles. The van der Waals surface area contributed by atoms with Crippen molar-refractivity contribution < 1.29 is 17.0 Å². The van der Waals surface area contributed by atoms with E-state index in [9.17, 15) is 3.83 Å². The molecule has 0 radical (unpaired) electrons. The Hall–Kier alpha value is -1.93. The second kappa shape index (κ2) is 7.55. The Morgan fingerprint density at radius 3 is 2.47 bits per heavy atom. The molecule has 5 rings (SSSR count). The molecule has 2 aliphatic heterocycles. The van der Waals surface area contributed by atoms with Crippen LogP contribution < -0.4 is 8.24 Å². The molecule has 0 amide bonds. The molecule has 0 saturated heterocycles. The number of aryl methyl sites for hydroxylation is 2. The fraction of sp³-hybridized carbons (Fsp3) is 0.174. The third kappa shape index (κ3) is 3.06. The maximum atomic E-state index is 15.9. The van der Waals surface area contributed by atoms with Crippen molar-refractivity contribution in [3.8, 4) is 0 Å². The first-order chi connectivity index (χ1) is 15.1. The zero-order valence-electron chi connectivity index (χ0n) is 17.9. The Bertz CT molecular complexity index is 1420. The molecule has 4 heterocycles. The average Bonchev–Trinajstić information content (AvgIpc) is 3.36. The van der Waals surface area contributed by atoms with Crippen molar-refractivity contribution >= 4 is 67.6 Å². The summed E-state index contributed by atoms with van der Waals surface area (Å²) in [7, 11) is 0. The standard InChI is InChI=1S/C23H20BBrF2N2OSSe/c1-13-10-15(3)28-21(13)20(22-14(2)11-16(4)29(22)24(28,26)27)18-12-19(25)31-23(18)32(30)17-8-6-5-7-9-17/h5-12H,1-4H3. The molecule has 3 nitrogen and oxygen atoms in total. The minimum absolute atomic E-state index is 0.514. The summed E-state index contributed by atoms with van der Waals surface area (Å²) in [4.78, 5) is 0. The van der Waals surface area contributed by atoms with Gasteiger partial charge in [0.1, 0.15) is 0 Å². The number of allylic oxidation sites excluding steroid dienone is 2. The Balaban J connectivity index is 1.87. The first-order valence-electron chi connectivity index (χ1n) is 10.2. The van der Waals surface area contributed by atoms with Gasteiger partial charge in [-0.3, -0.25) is 0 Å². The number of aromatic nitrogens is 1. The number of nitrogens with zero attached hydrogens (tertiary/aromatic N) is 2. The molecule has 0 bridgehead atoms. The van der Waals surface area contributed by atoms with Gasteiger partial charge in [-0.1, -0.05) is 0 Å². The predicted octanol–water partition coefficient (Wildman–Crippen LogP) is 4.89. The summed E-state index contributed by atoms with van der Waals surface area (Å²) in [6.45, 7) is 3.15. The zero-order chi connectivity index (χ0) is 22.9. The van der Waals surface area contributed by atoms with Crippen molar-refractivity contribution in [2.24, 2.45) is 0 Å². The van der Waals surface area contributed by atoms with E-state index in [0.717, 1.165) is 34.3 Å². The van der Waals surface area contributed by atoms with Crippen LogP contribution in [0.3, 0.4) is 0 Å². The molecule has 1 unspecified atom stereocenters. The van der Waals surface area contributed by atoms with Gasteiger partial charge in [0.25, 0.3) is 0 Å². The number of rotatable bonds is 3. The van der Waals surface area contributed by atoms with Crippen molar-refractivity contribution in [1.29, 1.82) is 0 Å². The van der Waals surface area contributed by atoms with Crippen molar-refractivity contribution in [2.75, 3.05) is 0 Å². The maximum absolute atomic E-state index is 15.9. The van der Waals surface area contributed by atoms with E-state index in [1.165, 1.54) is 20.3 Å². The van der Waals surface area contributed by atoms with E-state index in [0.29, 0.717) is 22.8 Å². The van der Waals surface area contributed by atoms with E-state index < -0.39 is 20.8 Å². The van der Waals surface area contributed by atoms with Gasteiger partial charge in [0.2, 0.25) is 0 Å². The Morgan fingerprint density at radius 2 is 1.78 bits per heavy atom. The van der Waals surface area contributed by atoms with E-state index in [2.05, 4.69) is 15.9 Å². The molecule has 3 aromatic rings. The van der Waals surface area contributed by atoms with Gasteiger partial charge in [-0.2, -0.15) is 0 Å². The van der Waals surface area contributed by atoms with Gasteiger partial charge in [0, 0.05) is 0 Å². The Morgan fingerprint density at radius 1 is 1.09 bits per heavy atom. The van der Waals surface area contributed by atoms with Crippen LogP contribution in [0, 0.1) is 13.8 Å². The van der Waals surface area contributed by atoms with Crippen LogP contribution in [0.2, 0.25) is 0 Å². The summed E-state index contributed by atoms with van der Waals surface area (Å²) in [5.74, 6) is 0. The van der Waals surface area contributed by atoms with Gasteiger partial charge in [0.15, 0.2) is 0 Å². The van der Waals surface area contributed by atoms with Crippen LogP contribution in [-0.4, -0.2) is 35.5 Å². The monoisotopic (exact) mass is 580 g/mol. The number of halogens is 3. The van der Waals surface area contributed by atoms with E-state index in [-0.39, 0.29) is 0 Å². The molecule has 2 aliphatic rings. The Kier molecular flexibility index (Phi) is 5.17. The van der Waals surface area contributed by atoms with Gasteiger partial charge in [0.05, 0.1) is 0 Å². The SMILES string of the molecule is CC1=CC(C)=[N+]2C1=C(c1cc(Br)sc1[Se](=O)c1ccccc1)c1c(C)cc(C)n1[B-]2(F)F. The molecule has 0 saturated carbocycles. The van der Waals surface area contributed by atoms with Crippen LogP contribution in [0.5, 0.6) is 0 Å². The third-order valence-corrected chi connectivity index (χ3v) is 11.4. The van der Waals surface area contributed by atoms with E-state index in [4.69, 9.17) is 0 Å². The summed E-state index contributed by atoms with van der Waals surface area (Å²) in [5.41, 5.74) is 5.14. The molecular formula is C23H20BBrF2N2OSSe. The number of fused-ring (bicyclic) bond motifs is 2. The molecule has 32 heavy (non-hydrogen) atoms. The van der Waals surface area contributed by atoms with Gasteiger partial charge in [-0.25, -0.2) is 0 Å². The number of hydrogen-bond acceptors (Lipinski definition) is 2. The normalized spacial score (nSPS) is 18.0. The number of thiophene rings is 1. The Labute approximate surface area is 202 Å². The number of benzene rings is 1. The van der Waals surface area contributed by atoms with E-state index >= 15 is 8.63 Å². The van der Waals surface area contributed by atoms with E-state index in [1.807, 2.05) is 62.4 Å². The molecule has 2 aromatic heterocycles. The minimum atomic E-state index is -4.04. The molecule has 0 spiro atoms. The van der Waals surface area contributed by atoms with Gasteiger partial charge >= 0.3 is 203 Å². The predicted molar refractivity (Wildman–Crippen MR) is 132 cm³/mol. The van der Waals surface area contributed by atoms with Crippen molar-refractivity contribution in [3.63, 3.8) is 0 Å². The summed E-state index contributed by atoms with van der Waals surface area (Å²) >= 11 is 2.39. The third-order valence-electron chi connectivity index (χ3n) is 6.00. The van der Waals surface area contributed by atoms with Crippen LogP contribution in [0.1, 0.15) is 36.4 Å². The fourth-order valence-corrected chi connectivity index (χ4v) is 10.6. The molecular weight excluding hydrogens is 560 g/mol. The van der Waals surface area contributed by atoms with Crippen LogP contribution >= 0.6 is 27.3 Å². The van der Waals surface area contributed by atoms with Crippen molar-refractivity contribution in [1.82, 2.24) is 4.48 Å². The first kappa shape index (κ1) is 21.9. The van der Waals surface area contributed by atoms with Gasteiger partial charge in [-0.05, 0) is 0 Å². The molecule has 164 valence electrons. The fourth-order valence-electron chi connectivity index (χ4n) is 4.86. The quantitative estimate of drug-likeness (QED) is 0.406. The summed E-state index contributed by atoms with van der Waals surface area (Å²) in [6.07, 6.45) is 1.81. The van der Waals surface area contributed by atoms with Crippen LogP contribution in [-0.2, 0) is 3.83 Å². The van der Waals surface area contributed by atoms with Gasteiger partial charge in [-0.15, -0.1) is 0 Å². The van der Waals surface area contributed by atoms with Crippen molar-refractivity contribution in [3.05, 3.63) is 86.1 Å². The second-order valence-electron chi connectivity index (χ2n) is 8.17. The van der Waals surface area contributed by atoms with Crippen LogP contribution in [0.15, 0.2) is 63.6 Å². The molecule has 9 heteroatoms. The molecule has 1 atom stereocenters. The second-order valence-corrected chi connectivity index (χ2v) is 14.2. The summed E-state index contributed by atoms with van der Waals surface area (Å²) in [6, 6.07) is 13.1. The number of hydrogen-bond donors (Lipinski definition) is 0. The summed E-state index contributed by atoms with van der Waals surface area (Å²) in [5, 5.41) is 0. The van der Waals surface area contributed by atoms with Crippen molar-refractivity contribution in [2.45, 2.75) is 27.7 Å². The summed E-state index contributed by atoms with van der Waals surface area (Å²) < 4.78 is 50.1.